The highest BCUT2D eigenvalue weighted by molar-refractivity contribution is 5.78. The highest BCUT2D eigenvalue weighted by Gasteiger charge is 1.93. The fourth-order valence-corrected chi connectivity index (χ4v) is 0.753. The molecule has 0 N–H and O–H groups in total. The topological polar surface area (TPSA) is 21.6 Å². The van der Waals surface area contributed by atoms with Crippen LogP contribution in [-0.4, -0.2) is 13.3 Å². The van der Waals surface area contributed by atoms with E-state index in [0.29, 0.717) is 5.88 Å². The van der Waals surface area contributed by atoms with Crippen molar-refractivity contribution in [2.45, 2.75) is 13.3 Å². The summed E-state index contributed by atoms with van der Waals surface area (Å²) in [4.78, 5) is 4.07. The largest absolute Gasteiger partial charge is 0.481 e. The van der Waals surface area contributed by atoms with E-state index in [2.05, 4.69) is 11.1 Å². The highest BCUT2D eigenvalue weighted by atomic mass is 16.5. The van der Waals surface area contributed by atoms with Gasteiger partial charge in [0.25, 0.3) is 0 Å². The van der Waals surface area contributed by atoms with Gasteiger partial charge in [-0.1, -0.05) is 6.08 Å². The zero-order chi connectivity index (χ0) is 7.40. The minimum atomic E-state index is 0.702. The van der Waals surface area contributed by atoms with E-state index >= 15 is 0 Å². The van der Waals surface area contributed by atoms with Crippen LogP contribution in [-0.2, 0) is 4.74 Å². The third-order valence-corrected chi connectivity index (χ3v) is 1.34. The first-order chi connectivity index (χ1) is 4.83. The lowest BCUT2D eigenvalue weighted by atomic mass is 10.3. The van der Waals surface area contributed by atoms with Gasteiger partial charge in [-0.3, -0.25) is 0 Å². The smallest absolute Gasteiger partial charge is 0.209 e. The maximum absolute atomic E-state index is 4.95. The summed E-state index contributed by atoms with van der Waals surface area (Å²) >= 11 is 0. The van der Waals surface area contributed by atoms with Crippen LogP contribution in [0.15, 0.2) is 28.6 Å². The molecule has 54 valence electrons. The number of aliphatic imine (C=N–C) groups is 1. The average molecular weight is 137 g/mol. The molecule has 2 nitrogen and oxygen atoms in total. The second kappa shape index (κ2) is 3.20. The summed E-state index contributed by atoms with van der Waals surface area (Å²) in [6, 6.07) is 0. The minimum Gasteiger partial charge on any atom is -0.481 e. The molecule has 10 heavy (non-hydrogen) atoms. The summed E-state index contributed by atoms with van der Waals surface area (Å²) in [5.41, 5.74) is 1.18. The first-order valence-corrected chi connectivity index (χ1v) is 3.28. The number of allylic oxidation sites excluding steroid dienone is 3. The number of methoxy groups -OCH3 is 1. The van der Waals surface area contributed by atoms with Gasteiger partial charge in [0.1, 0.15) is 0 Å². The molecule has 0 radical (unpaired) electrons. The molecule has 0 atom stereocenters. The summed E-state index contributed by atoms with van der Waals surface area (Å²) in [5, 5.41) is 0. The molecule has 1 aliphatic heterocycles. The highest BCUT2D eigenvalue weighted by Crippen LogP contribution is 2.06. The predicted molar refractivity (Wildman–Crippen MR) is 42.0 cm³/mol. The Kier molecular flexibility index (Phi) is 2.26. The van der Waals surface area contributed by atoms with Crippen molar-refractivity contribution >= 4 is 6.21 Å². The van der Waals surface area contributed by atoms with Crippen molar-refractivity contribution in [1.29, 1.82) is 0 Å². The standard InChI is InChI=1S/C8H11NO/c1-7-4-3-5-8(10-2)9-6-7/h4-6H,3H2,1-2H3. The Morgan fingerprint density at radius 3 is 3.00 bits per heavy atom. The van der Waals surface area contributed by atoms with Crippen molar-refractivity contribution in [3.05, 3.63) is 23.6 Å². The fourth-order valence-electron chi connectivity index (χ4n) is 0.753. The predicted octanol–water partition coefficient (Wildman–Crippen LogP) is 1.90. The van der Waals surface area contributed by atoms with Crippen LogP contribution >= 0.6 is 0 Å². The van der Waals surface area contributed by atoms with Crippen LogP contribution in [0.4, 0.5) is 0 Å². The van der Waals surface area contributed by atoms with E-state index in [1.54, 1.807) is 7.11 Å². The molecule has 0 aliphatic carbocycles. The van der Waals surface area contributed by atoms with Gasteiger partial charge in [0.15, 0.2) is 0 Å². The van der Waals surface area contributed by atoms with Crippen LogP contribution in [0.2, 0.25) is 0 Å². The van der Waals surface area contributed by atoms with Crippen LogP contribution in [0, 0.1) is 0 Å². The molecule has 0 aromatic carbocycles. The van der Waals surface area contributed by atoms with E-state index in [0.717, 1.165) is 6.42 Å². The Morgan fingerprint density at radius 1 is 1.50 bits per heavy atom. The first kappa shape index (κ1) is 7.06. The molecule has 2 heteroatoms. The summed E-state index contributed by atoms with van der Waals surface area (Å²) in [6.07, 6.45) is 6.78. The summed E-state index contributed by atoms with van der Waals surface area (Å²) in [6.45, 7) is 2.02. The van der Waals surface area contributed by atoms with Crippen LogP contribution in [0.3, 0.4) is 0 Å². The van der Waals surface area contributed by atoms with E-state index in [1.165, 1.54) is 5.57 Å². The molecule has 0 fully saturated rings. The summed E-state index contributed by atoms with van der Waals surface area (Å²) < 4.78 is 4.95. The van der Waals surface area contributed by atoms with Crippen LogP contribution in [0.5, 0.6) is 0 Å². The van der Waals surface area contributed by atoms with Crippen molar-refractivity contribution < 1.29 is 4.74 Å². The normalized spacial score (nSPS) is 17.4. The zero-order valence-corrected chi connectivity index (χ0v) is 6.29. The molecule has 0 saturated heterocycles. The maximum Gasteiger partial charge on any atom is 0.209 e. The van der Waals surface area contributed by atoms with Gasteiger partial charge in [0.2, 0.25) is 5.88 Å². The fraction of sp³-hybridized carbons (Fsp3) is 0.375. The van der Waals surface area contributed by atoms with Crippen molar-refractivity contribution in [2.75, 3.05) is 7.11 Å². The Morgan fingerprint density at radius 2 is 2.30 bits per heavy atom. The first-order valence-electron chi connectivity index (χ1n) is 3.28. The Labute approximate surface area is 60.9 Å². The third kappa shape index (κ3) is 1.72. The number of hydrogen-bond donors (Lipinski definition) is 0. The van der Waals surface area contributed by atoms with E-state index in [-0.39, 0.29) is 0 Å². The molecule has 1 rings (SSSR count). The average Bonchev–Trinajstić information content (AvgIpc) is 2.14. The molecular weight excluding hydrogens is 126 g/mol. The van der Waals surface area contributed by atoms with Gasteiger partial charge in [0, 0.05) is 6.21 Å². The van der Waals surface area contributed by atoms with Crippen molar-refractivity contribution in [3.63, 3.8) is 0 Å². The molecular formula is C8H11NO. The molecule has 0 aromatic heterocycles. The summed E-state index contributed by atoms with van der Waals surface area (Å²) in [7, 11) is 1.63. The molecule has 0 aromatic rings. The molecule has 0 saturated carbocycles. The molecule has 0 unspecified atom stereocenters. The van der Waals surface area contributed by atoms with Crippen LogP contribution in [0.1, 0.15) is 13.3 Å². The zero-order valence-electron chi connectivity index (χ0n) is 6.29. The van der Waals surface area contributed by atoms with E-state index in [1.807, 2.05) is 19.2 Å². The van der Waals surface area contributed by atoms with E-state index < -0.39 is 0 Å². The van der Waals surface area contributed by atoms with E-state index in [4.69, 9.17) is 4.74 Å². The van der Waals surface area contributed by atoms with E-state index in [9.17, 15) is 0 Å². The number of rotatable bonds is 1. The lowest BCUT2D eigenvalue weighted by Crippen LogP contribution is -1.81. The molecule has 0 bridgehead atoms. The number of ether oxygens (including phenoxy) is 1. The maximum atomic E-state index is 4.95. The van der Waals surface area contributed by atoms with Gasteiger partial charge in [-0.15, -0.1) is 0 Å². The van der Waals surface area contributed by atoms with Crippen molar-refractivity contribution in [3.8, 4) is 0 Å². The number of hydrogen-bond acceptors (Lipinski definition) is 2. The lowest BCUT2D eigenvalue weighted by Gasteiger charge is -1.94. The monoisotopic (exact) mass is 137 g/mol. The second-order valence-corrected chi connectivity index (χ2v) is 2.19. The Balaban J connectivity index is 2.69. The third-order valence-electron chi connectivity index (χ3n) is 1.34. The van der Waals surface area contributed by atoms with Gasteiger partial charge >= 0.3 is 0 Å². The van der Waals surface area contributed by atoms with Crippen molar-refractivity contribution in [1.82, 2.24) is 0 Å². The van der Waals surface area contributed by atoms with Crippen LogP contribution < -0.4 is 0 Å². The molecule has 0 spiro atoms. The second-order valence-electron chi connectivity index (χ2n) is 2.19. The van der Waals surface area contributed by atoms with Gasteiger partial charge in [0.05, 0.1) is 7.11 Å². The van der Waals surface area contributed by atoms with Gasteiger partial charge in [-0.2, -0.15) is 0 Å². The van der Waals surface area contributed by atoms with Crippen LogP contribution in [0.25, 0.3) is 0 Å². The SMILES string of the molecule is COC1=CCC=C(C)C=N1. The molecule has 1 heterocycles. The van der Waals surface area contributed by atoms with Gasteiger partial charge in [-0.05, 0) is 25.0 Å². The Bertz CT molecular complexity index is 201. The number of nitrogens with zero attached hydrogens (tertiary/aromatic N) is 1. The summed E-state index contributed by atoms with van der Waals surface area (Å²) in [5.74, 6) is 0.702. The quantitative estimate of drug-likeness (QED) is 0.541. The van der Waals surface area contributed by atoms with Crippen molar-refractivity contribution in [2.24, 2.45) is 4.99 Å². The molecule has 0 amide bonds. The molecule has 1 aliphatic rings. The van der Waals surface area contributed by atoms with Gasteiger partial charge in [-0.25, -0.2) is 4.99 Å². The Hall–Kier alpha value is -1.05. The van der Waals surface area contributed by atoms with Gasteiger partial charge < -0.3 is 4.74 Å². The lowest BCUT2D eigenvalue weighted by molar-refractivity contribution is 0.288. The minimum absolute atomic E-state index is 0.702.